The first-order valence-corrected chi connectivity index (χ1v) is 12.5. The lowest BCUT2D eigenvalue weighted by Crippen LogP contribution is -1.93. The Kier molecular flexibility index (Phi) is 3.93. The standard InChI is InChI=1S/C35H23N/c1-22-15-17-28-29(19-22)26-13-7-8-14-27(26)31-21-34-32(20-30(28)31)35-25-12-6-5-9-23(25)16-18-33(35)36(34)24-10-3-2-4-11-24/h2-21H,1H3. The van der Waals surface area contributed by atoms with E-state index in [0.717, 1.165) is 0 Å². The summed E-state index contributed by atoms with van der Waals surface area (Å²) in [4.78, 5) is 0. The minimum atomic E-state index is 1.19. The van der Waals surface area contributed by atoms with E-state index in [2.05, 4.69) is 133 Å². The third-order valence-corrected chi connectivity index (χ3v) is 7.78. The van der Waals surface area contributed by atoms with Crippen LogP contribution >= 0.6 is 0 Å². The Morgan fingerprint density at radius 3 is 1.86 bits per heavy atom. The predicted octanol–water partition coefficient (Wildman–Crippen LogP) is 9.70. The van der Waals surface area contributed by atoms with Crippen molar-refractivity contribution < 1.29 is 0 Å². The number of nitrogens with zero attached hydrogens (tertiary/aromatic N) is 1. The Morgan fingerprint density at radius 2 is 1.06 bits per heavy atom. The van der Waals surface area contributed by atoms with Gasteiger partial charge in [0.25, 0.3) is 0 Å². The highest BCUT2D eigenvalue weighted by Gasteiger charge is 2.18. The predicted molar refractivity (Wildman–Crippen MR) is 156 cm³/mol. The van der Waals surface area contributed by atoms with Gasteiger partial charge in [0.05, 0.1) is 11.0 Å². The monoisotopic (exact) mass is 457 g/mol. The Bertz CT molecular complexity index is 2150. The third kappa shape index (κ3) is 2.60. The van der Waals surface area contributed by atoms with Crippen LogP contribution in [-0.2, 0) is 0 Å². The number of aromatic nitrogens is 1. The summed E-state index contributed by atoms with van der Waals surface area (Å²) >= 11 is 0. The summed E-state index contributed by atoms with van der Waals surface area (Å²) in [5.41, 5.74) is 4.97. The van der Waals surface area contributed by atoms with Crippen molar-refractivity contribution in [2.45, 2.75) is 6.92 Å². The van der Waals surface area contributed by atoms with E-state index in [1.807, 2.05) is 0 Å². The van der Waals surface area contributed by atoms with Crippen molar-refractivity contribution in [1.29, 1.82) is 0 Å². The highest BCUT2D eigenvalue weighted by Crippen LogP contribution is 2.42. The van der Waals surface area contributed by atoms with Crippen molar-refractivity contribution in [2.75, 3.05) is 0 Å². The van der Waals surface area contributed by atoms with Crippen LogP contribution in [0.4, 0.5) is 0 Å². The summed E-state index contributed by atoms with van der Waals surface area (Å²) in [6.07, 6.45) is 0. The highest BCUT2D eigenvalue weighted by atomic mass is 15.0. The van der Waals surface area contributed by atoms with Crippen molar-refractivity contribution in [3.63, 3.8) is 0 Å². The first kappa shape index (κ1) is 19.7. The summed E-state index contributed by atoms with van der Waals surface area (Å²) in [7, 11) is 0. The molecule has 0 aliphatic carbocycles. The number of fused-ring (bicyclic) bond motifs is 11. The minimum Gasteiger partial charge on any atom is -0.309 e. The van der Waals surface area contributed by atoms with Crippen molar-refractivity contribution in [3.05, 3.63) is 127 Å². The first-order valence-electron chi connectivity index (χ1n) is 12.5. The van der Waals surface area contributed by atoms with Gasteiger partial charge in [-0.2, -0.15) is 0 Å². The van der Waals surface area contributed by atoms with Gasteiger partial charge in [-0.15, -0.1) is 0 Å². The molecule has 7 aromatic carbocycles. The van der Waals surface area contributed by atoms with E-state index in [0.29, 0.717) is 0 Å². The van der Waals surface area contributed by atoms with Gasteiger partial charge in [-0.25, -0.2) is 0 Å². The zero-order valence-electron chi connectivity index (χ0n) is 20.0. The molecule has 0 atom stereocenters. The Balaban J connectivity index is 1.68. The van der Waals surface area contributed by atoms with Gasteiger partial charge in [0, 0.05) is 16.5 Å². The molecule has 36 heavy (non-hydrogen) atoms. The molecule has 0 spiro atoms. The van der Waals surface area contributed by atoms with E-state index in [1.54, 1.807) is 0 Å². The maximum atomic E-state index is 2.45. The van der Waals surface area contributed by atoms with Crippen molar-refractivity contribution >= 4 is 64.9 Å². The summed E-state index contributed by atoms with van der Waals surface area (Å²) in [5.74, 6) is 0. The SMILES string of the molecule is Cc1ccc2c(c1)c1ccccc1c1cc3c(cc21)c1c2ccccc2ccc1n3-c1ccccc1. The first-order chi connectivity index (χ1) is 17.8. The lowest BCUT2D eigenvalue weighted by atomic mass is 9.92. The molecule has 0 aliphatic rings. The molecule has 0 amide bonds. The molecule has 1 heterocycles. The quantitative estimate of drug-likeness (QED) is 0.216. The largest absolute Gasteiger partial charge is 0.309 e. The van der Waals surface area contributed by atoms with E-state index in [-0.39, 0.29) is 0 Å². The molecule has 0 saturated heterocycles. The van der Waals surface area contributed by atoms with Crippen LogP contribution in [0.3, 0.4) is 0 Å². The number of hydrogen-bond acceptors (Lipinski definition) is 0. The number of hydrogen-bond donors (Lipinski definition) is 0. The van der Waals surface area contributed by atoms with Gasteiger partial charge in [0.1, 0.15) is 0 Å². The molecule has 0 aliphatic heterocycles. The van der Waals surface area contributed by atoms with Crippen LogP contribution in [-0.4, -0.2) is 4.57 Å². The molecule has 0 saturated carbocycles. The summed E-state index contributed by atoms with van der Waals surface area (Å²) in [6, 6.07) is 44.7. The molecule has 8 rings (SSSR count). The molecular weight excluding hydrogens is 434 g/mol. The fraction of sp³-hybridized carbons (Fsp3) is 0.0286. The number of benzene rings is 7. The van der Waals surface area contributed by atoms with Crippen LogP contribution in [0.2, 0.25) is 0 Å². The van der Waals surface area contributed by atoms with Crippen molar-refractivity contribution in [3.8, 4) is 5.69 Å². The Labute approximate surface area is 208 Å². The van der Waals surface area contributed by atoms with Gasteiger partial charge in [-0.05, 0) is 80.3 Å². The van der Waals surface area contributed by atoms with E-state index >= 15 is 0 Å². The van der Waals surface area contributed by atoms with Gasteiger partial charge in [-0.1, -0.05) is 96.6 Å². The fourth-order valence-corrected chi connectivity index (χ4v) is 6.20. The van der Waals surface area contributed by atoms with Gasteiger partial charge in [0.15, 0.2) is 0 Å². The average molecular weight is 458 g/mol. The molecule has 0 bridgehead atoms. The minimum absolute atomic E-state index is 1.19. The Hall–Kier alpha value is -4.62. The van der Waals surface area contributed by atoms with Gasteiger partial charge in [-0.3, -0.25) is 0 Å². The van der Waals surface area contributed by atoms with Gasteiger partial charge < -0.3 is 4.57 Å². The van der Waals surface area contributed by atoms with Crippen molar-refractivity contribution in [2.24, 2.45) is 0 Å². The van der Waals surface area contributed by atoms with E-state index in [1.165, 1.54) is 76.1 Å². The number of rotatable bonds is 1. The zero-order valence-corrected chi connectivity index (χ0v) is 20.0. The van der Waals surface area contributed by atoms with Crippen molar-refractivity contribution in [1.82, 2.24) is 4.57 Å². The smallest absolute Gasteiger partial charge is 0.0547 e. The molecule has 0 unspecified atom stereocenters. The molecule has 1 nitrogen and oxygen atoms in total. The third-order valence-electron chi connectivity index (χ3n) is 7.78. The number of aryl methyl sites for hydroxylation is 1. The fourth-order valence-electron chi connectivity index (χ4n) is 6.20. The lowest BCUT2D eigenvalue weighted by molar-refractivity contribution is 1.18. The van der Waals surface area contributed by atoms with Crippen LogP contribution in [0.1, 0.15) is 5.56 Å². The van der Waals surface area contributed by atoms with Crippen LogP contribution in [0.15, 0.2) is 121 Å². The molecular formula is C35H23N. The lowest BCUT2D eigenvalue weighted by Gasteiger charge is -2.13. The van der Waals surface area contributed by atoms with Gasteiger partial charge >= 0.3 is 0 Å². The molecule has 1 aromatic heterocycles. The molecule has 0 fully saturated rings. The molecule has 1 heteroatoms. The Morgan fingerprint density at radius 1 is 0.417 bits per heavy atom. The van der Waals surface area contributed by atoms with Crippen LogP contribution in [0, 0.1) is 6.92 Å². The van der Waals surface area contributed by atoms with Crippen LogP contribution in [0.25, 0.3) is 70.6 Å². The van der Waals surface area contributed by atoms with E-state index in [9.17, 15) is 0 Å². The summed E-state index contributed by atoms with van der Waals surface area (Å²) < 4.78 is 2.44. The van der Waals surface area contributed by atoms with E-state index in [4.69, 9.17) is 0 Å². The molecule has 8 aromatic rings. The van der Waals surface area contributed by atoms with Gasteiger partial charge in [0.2, 0.25) is 0 Å². The summed E-state index contributed by atoms with van der Waals surface area (Å²) in [5, 5.41) is 13.1. The zero-order chi connectivity index (χ0) is 23.8. The molecule has 0 N–H and O–H groups in total. The molecule has 0 radical (unpaired) electrons. The second-order valence-corrected chi connectivity index (χ2v) is 9.86. The number of para-hydroxylation sites is 1. The van der Waals surface area contributed by atoms with E-state index < -0.39 is 0 Å². The second-order valence-electron chi connectivity index (χ2n) is 9.86. The second kappa shape index (κ2) is 7.19. The van der Waals surface area contributed by atoms with Crippen LogP contribution < -0.4 is 0 Å². The summed E-state index contributed by atoms with van der Waals surface area (Å²) in [6.45, 7) is 2.18. The highest BCUT2D eigenvalue weighted by molar-refractivity contribution is 6.30. The molecule has 168 valence electrons. The van der Waals surface area contributed by atoms with Crippen LogP contribution in [0.5, 0.6) is 0 Å². The normalized spacial score (nSPS) is 12.0. The topological polar surface area (TPSA) is 4.93 Å². The maximum absolute atomic E-state index is 2.45. The maximum Gasteiger partial charge on any atom is 0.0547 e. The average Bonchev–Trinajstić information content (AvgIpc) is 3.26.